The van der Waals surface area contributed by atoms with E-state index in [-0.39, 0.29) is 23.5 Å². The number of fused-ring (bicyclic) bond motifs is 2. The minimum atomic E-state index is -0.331. The van der Waals surface area contributed by atoms with Crippen LogP contribution in [0.4, 0.5) is 10.1 Å². The largest absolute Gasteiger partial charge is 0.319 e. The van der Waals surface area contributed by atoms with Gasteiger partial charge in [0.1, 0.15) is 5.82 Å². The summed E-state index contributed by atoms with van der Waals surface area (Å²) < 4.78 is 16.8. The zero-order chi connectivity index (χ0) is 20.1. The van der Waals surface area contributed by atoms with Gasteiger partial charge in [0.15, 0.2) is 5.65 Å². The highest BCUT2D eigenvalue weighted by Crippen LogP contribution is 2.40. The zero-order valence-electron chi connectivity index (χ0n) is 16.6. The lowest BCUT2D eigenvalue weighted by Crippen LogP contribution is -2.25. The lowest BCUT2D eigenvalue weighted by Gasteiger charge is -2.19. The number of amides is 1. The zero-order valence-corrected chi connectivity index (χ0v) is 16.6. The van der Waals surface area contributed by atoms with E-state index in [2.05, 4.69) is 15.7 Å². The van der Waals surface area contributed by atoms with Crippen molar-refractivity contribution in [1.82, 2.24) is 20.1 Å². The molecular weight excluding hydrogens is 369 g/mol. The Hall–Kier alpha value is -2.80. The van der Waals surface area contributed by atoms with Crippen molar-refractivity contribution in [2.24, 2.45) is 0 Å². The molecule has 1 fully saturated rings. The highest BCUT2D eigenvalue weighted by molar-refractivity contribution is 6.12. The van der Waals surface area contributed by atoms with Crippen LogP contribution >= 0.6 is 0 Å². The van der Waals surface area contributed by atoms with Gasteiger partial charge < -0.3 is 10.6 Å². The first-order chi connectivity index (χ1) is 14.0. The average molecular weight is 393 g/mol. The molecule has 0 unspecified atom stereocenters. The van der Waals surface area contributed by atoms with Gasteiger partial charge in [0.05, 0.1) is 22.8 Å². The topological polar surface area (TPSA) is 71.8 Å². The minimum Gasteiger partial charge on any atom is -0.319 e. The van der Waals surface area contributed by atoms with Gasteiger partial charge in [0.25, 0.3) is 5.91 Å². The molecule has 0 bridgehead atoms. The summed E-state index contributed by atoms with van der Waals surface area (Å²) in [4.78, 5) is 18.0. The summed E-state index contributed by atoms with van der Waals surface area (Å²) in [6.45, 7) is 5.47. The van der Waals surface area contributed by atoms with E-state index in [0.29, 0.717) is 41.0 Å². The summed E-state index contributed by atoms with van der Waals surface area (Å²) in [5.74, 6) is -0.257. The van der Waals surface area contributed by atoms with Crippen LogP contribution in [0.25, 0.3) is 11.0 Å². The van der Waals surface area contributed by atoms with E-state index in [9.17, 15) is 4.79 Å². The fraction of sp³-hybridized carbons (Fsp3) is 0.409. The maximum absolute atomic E-state index is 15.0. The van der Waals surface area contributed by atoms with Gasteiger partial charge in [0.2, 0.25) is 0 Å². The molecule has 1 saturated carbocycles. The standard InChI is InChI=1S/C22H24FN5O/c1-12(2)28-21-17(11-25-28)16(9-19(26-21)13-3-4-13)22(29)27-18-6-5-14-10-24-8-7-15(14)20(18)23/h5-6,9,11-13,24H,3-4,7-8,10H2,1-2H3,(H,27,29). The van der Waals surface area contributed by atoms with Crippen molar-refractivity contribution in [3.05, 3.63) is 52.6 Å². The molecule has 29 heavy (non-hydrogen) atoms. The third-order valence-corrected chi connectivity index (χ3v) is 5.77. The molecule has 3 heterocycles. The first-order valence-corrected chi connectivity index (χ1v) is 10.2. The number of hydrogen-bond donors (Lipinski definition) is 2. The van der Waals surface area contributed by atoms with Gasteiger partial charge in [-0.1, -0.05) is 6.07 Å². The molecule has 5 rings (SSSR count). The Morgan fingerprint density at radius 3 is 2.93 bits per heavy atom. The first-order valence-electron chi connectivity index (χ1n) is 10.2. The number of pyridine rings is 1. The van der Waals surface area contributed by atoms with Crippen LogP contribution in [0.15, 0.2) is 24.4 Å². The molecule has 0 atom stereocenters. The summed E-state index contributed by atoms with van der Waals surface area (Å²) in [5, 5.41) is 11.2. The van der Waals surface area contributed by atoms with Crippen molar-refractivity contribution in [1.29, 1.82) is 0 Å². The smallest absolute Gasteiger partial charge is 0.256 e. The van der Waals surface area contributed by atoms with Gasteiger partial charge in [-0.25, -0.2) is 14.1 Å². The van der Waals surface area contributed by atoms with Crippen LogP contribution in [0.3, 0.4) is 0 Å². The molecule has 1 aromatic carbocycles. The van der Waals surface area contributed by atoms with Gasteiger partial charge in [-0.05, 0) is 62.9 Å². The number of carbonyl (C=O) groups is 1. The average Bonchev–Trinajstić information content (AvgIpc) is 3.48. The highest BCUT2D eigenvalue weighted by atomic mass is 19.1. The Kier molecular flexibility index (Phi) is 4.35. The summed E-state index contributed by atoms with van der Waals surface area (Å²) >= 11 is 0. The fourth-order valence-corrected chi connectivity index (χ4v) is 4.01. The highest BCUT2D eigenvalue weighted by Gasteiger charge is 2.28. The van der Waals surface area contributed by atoms with Crippen LogP contribution in [-0.4, -0.2) is 27.2 Å². The Labute approximate surface area is 168 Å². The van der Waals surface area contributed by atoms with E-state index in [0.717, 1.165) is 30.6 Å². The molecule has 0 spiro atoms. The number of aromatic nitrogens is 3. The molecule has 1 amide bonds. The number of anilines is 1. The molecule has 2 aliphatic rings. The van der Waals surface area contributed by atoms with Gasteiger partial charge in [0, 0.05) is 24.2 Å². The van der Waals surface area contributed by atoms with Crippen LogP contribution < -0.4 is 10.6 Å². The number of nitrogens with zero attached hydrogens (tertiary/aromatic N) is 3. The van der Waals surface area contributed by atoms with Crippen molar-refractivity contribution in [2.75, 3.05) is 11.9 Å². The monoisotopic (exact) mass is 393 g/mol. The minimum absolute atomic E-state index is 0.136. The molecule has 6 nitrogen and oxygen atoms in total. The SMILES string of the molecule is CC(C)n1ncc2c(C(=O)Nc3ccc4c(c3F)CCNC4)cc(C3CC3)nc21. The Balaban J connectivity index is 1.54. The number of benzene rings is 1. The van der Waals surface area contributed by atoms with Crippen molar-refractivity contribution in [3.63, 3.8) is 0 Å². The second kappa shape index (κ2) is 6.91. The summed E-state index contributed by atoms with van der Waals surface area (Å²) in [7, 11) is 0. The molecule has 2 N–H and O–H groups in total. The van der Waals surface area contributed by atoms with Gasteiger partial charge in [-0.2, -0.15) is 5.10 Å². The summed E-state index contributed by atoms with van der Waals surface area (Å²) in [5.41, 5.74) is 4.00. The van der Waals surface area contributed by atoms with Crippen LogP contribution in [0.2, 0.25) is 0 Å². The molecule has 0 radical (unpaired) electrons. The maximum Gasteiger partial charge on any atom is 0.256 e. The fourth-order valence-electron chi connectivity index (χ4n) is 4.01. The normalized spacial score (nSPS) is 16.3. The quantitative estimate of drug-likeness (QED) is 0.705. The third kappa shape index (κ3) is 3.19. The van der Waals surface area contributed by atoms with E-state index in [4.69, 9.17) is 4.98 Å². The van der Waals surface area contributed by atoms with E-state index in [1.165, 1.54) is 0 Å². The van der Waals surface area contributed by atoms with Crippen molar-refractivity contribution in [2.45, 2.75) is 51.6 Å². The Morgan fingerprint density at radius 1 is 1.34 bits per heavy atom. The predicted molar refractivity (Wildman–Crippen MR) is 110 cm³/mol. The number of rotatable bonds is 4. The van der Waals surface area contributed by atoms with Crippen LogP contribution in [0.1, 0.15) is 65.8 Å². The number of hydrogen-bond acceptors (Lipinski definition) is 4. The van der Waals surface area contributed by atoms with Crippen molar-refractivity contribution in [3.8, 4) is 0 Å². The van der Waals surface area contributed by atoms with E-state index in [1.54, 1.807) is 12.3 Å². The molecule has 0 saturated heterocycles. The Morgan fingerprint density at radius 2 is 2.17 bits per heavy atom. The van der Waals surface area contributed by atoms with E-state index < -0.39 is 0 Å². The molecule has 150 valence electrons. The number of halogens is 1. The van der Waals surface area contributed by atoms with E-state index >= 15 is 4.39 Å². The van der Waals surface area contributed by atoms with E-state index in [1.807, 2.05) is 30.7 Å². The van der Waals surface area contributed by atoms with Gasteiger partial charge >= 0.3 is 0 Å². The molecule has 7 heteroatoms. The first kappa shape index (κ1) is 18.2. The van der Waals surface area contributed by atoms with Crippen LogP contribution in [0.5, 0.6) is 0 Å². The Bertz CT molecular complexity index is 1120. The molecule has 1 aliphatic heterocycles. The number of nitrogens with one attached hydrogen (secondary N) is 2. The molecular formula is C22H24FN5O. The second-order valence-electron chi connectivity index (χ2n) is 8.23. The molecule has 2 aromatic heterocycles. The lowest BCUT2D eigenvalue weighted by atomic mass is 9.99. The van der Waals surface area contributed by atoms with Gasteiger partial charge in [-0.3, -0.25) is 4.79 Å². The maximum atomic E-state index is 15.0. The van der Waals surface area contributed by atoms with Crippen LogP contribution in [0, 0.1) is 5.82 Å². The van der Waals surface area contributed by atoms with Crippen molar-refractivity contribution < 1.29 is 9.18 Å². The lowest BCUT2D eigenvalue weighted by molar-refractivity contribution is 0.102. The van der Waals surface area contributed by atoms with Crippen molar-refractivity contribution >= 4 is 22.6 Å². The summed E-state index contributed by atoms with van der Waals surface area (Å²) in [6.07, 6.45) is 4.48. The number of carbonyl (C=O) groups excluding carboxylic acids is 1. The van der Waals surface area contributed by atoms with Crippen LogP contribution in [-0.2, 0) is 13.0 Å². The third-order valence-electron chi connectivity index (χ3n) is 5.77. The second-order valence-corrected chi connectivity index (χ2v) is 8.23. The predicted octanol–water partition coefficient (Wildman–Crippen LogP) is 3.93. The van der Waals surface area contributed by atoms with Gasteiger partial charge in [-0.15, -0.1) is 0 Å². The molecule has 3 aromatic rings. The summed E-state index contributed by atoms with van der Waals surface area (Å²) in [6, 6.07) is 5.52. The molecule has 1 aliphatic carbocycles.